The second-order valence-electron chi connectivity index (χ2n) is 9.18. The molecule has 1 atom stereocenters. The van der Waals surface area contributed by atoms with Gasteiger partial charge < -0.3 is 4.90 Å². The minimum Gasteiger partial charge on any atom is -0.314 e. The molecule has 2 aromatic carbocycles. The van der Waals surface area contributed by atoms with Crippen molar-refractivity contribution in [3.8, 4) is 0 Å². The third-order valence-electron chi connectivity index (χ3n) is 6.82. The van der Waals surface area contributed by atoms with Crippen LogP contribution >= 0.6 is 0 Å². The average Bonchev–Trinajstić information content (AvgIpc) is 3.66. The number of pyridine rings is 1. The molecule has 1 aliphatic rings. The fourth-order valence-corrected chi connectivity index (χ4v) is 4.91. The van der Waals surface area contributed by atoms with Crippen molar-refractivity contribution in [3.63, 3.8) is 0 Å². The predicted octanol–water partition coefficient (Wildman–Crippen LogP) is 6.51. The SMILES string of the molecule is CCCN(C(C(=O)N(C)c1ccccc1C)c1cccnc1)C1(c2cccc(C(F)(F)F)c2)CC1. The molecule has 1 amide bonds. The number of likely N-dealkylation sites (N-methyl/N-ethyl adjacent to an activating group) is 1. The van der Waals surface area contributed by atoms with Crippen LogP contribution in [0.2, 0.25) is 0 Å². The number of hydrogen-bond donors (Lipinski definition) is 0. The zero-order chi connectivity index (χ0) is 25.2. The molecule has 1 saturated carbocycles. The summed E-state index contributed by atoms with van der Waals surface area (Å²) in [5.41, 5.74) is 1.78. The maximum Gasteiger partial charge on any atom is 0.416 e. The highest BCUT2D eigenvalue weighted by atomic mass is 19.4. The zero-order valence-electron chi connectivity index (χ0n) is 20.2. The molecule has 1 aliphatic carbocycles. The van der Waals surface area contributed by atoms with E-state index >= 15 is 0 Å². The van der Waals surface area contributed by atoms with Crippen molar-refractivity contribution in [2.45, 2.75) is 50.9 Å². The number of nitrogens with zero attached hydrogens (tertiary/aromatic N) is 3. The fourth-order valence-electron chi connectivity index (χ4n) is 4.91. The van der Waals surface area contributed by atoms with E-state index in [2.05, 4.69) is 9.88 Å². The van der Waals surface area contributed by atoms with E-state index in [4.69, 9.17) is 0 Å². The number of hydrogen-bond acceptors (Lipinski definition) is 3. The number of anilines is 1. The van der Waals surface area contributed by atoms with Crippen LogP contribution in [0.15, 0.2) is 73.1 Å². The third kappa shape index (κ3) is 4.96. The Morgan fingerprint density at radius 1 is 1.09 bits per heavy atom. The molecule has 3 aromatic rings. The van der Waals surface area contributed by atoms with Crippen molar-refractivity contribution in [1.82, 2.24) is 9.88 Å². The van der Waals surface area contributed by atoms with Gasteiger partial charge in [0.25, 0.3) is 0 Å². The van der Waals surface area contributed by atoms with Gasteiger partial charge in [-0.05, 0) is 73.7 Å². The second-order valence-corrected chi connectivity index (χ2v) is 9.18. The van der Waals surface area contributed by atoms with Gasteiger partial charge in [0.05, 0.1) is 5.56 Å². The lowest BCUT2D eigenvalue weighted by molar-refractivity contribution is -0.137. The molecule has 1 heterocycles. The smallest absolute Gasteiger partial charge is 0.314 e. The molecule has 1 unspecified atom stereocenters. The molecule has 0 aliphatic heterocycles. The standard InChI is InChI=1S/C28H30F3N3O/c1-4-17-34(27(14-15-27)22-11-7-12-23(18-22)28(29,30)31)25(21-10-8-16-32-19-21)26(35)33(3)24-13-6-5-9-20(24)2/h5-13,16,18-19,25H,4,14-15,17H2,1-3H3. The molecule has 35 heavy (non-hydrogen) atoms. The van der Waals surface area contributed by atoms with Gasteiger partial charge in [0.15, 0.2) is 0 Å². The van der Waals surface area contributed by atoms with E-state index in [1.54, 1.807) is 36.5 Å². The van der Waals surface area contributed by atoms with Crippen LogP contribution in [0.25, 0.3) is 0 Å². The number of benzene rings is 2. The Balaban J connectivity index is 1.81. The van der Waals surface area contributed by atoms with Gasteiger partial charge in [0.1, 0.15) is 6.04 Å². The Morgan fingerprint density at radius 2 is 1.83 bits per heavy atom. The van der Waals surface area contributed by atoms with E-state index in [-0.39, 0.29) is 5.91 Å². The van der Waals surface area contributed by atoms with E-state index in [9.17, 15) is 18.0 Å². The lowest BCUT2D eigenvalue weighted by Crippen LogP contribution is -2.47. The van der Waals surface area contributed by atoms with E-state index < -0.39 is 23.3 Å². The fraction of sp³-hybridized carbons (Fsp3) is 0.357. The Morgan fingerprint density at radius 3 is 2.43 bits per heavy atom. The van der Waals surface area contributed by atoms with Crippen LogP contribution in [0.1, 0.15) is 54.5 Å². The van der Waals surface area contributed by atoms with Crippen LogP contribution in [0, 0.1) is 6.92 Å². The summed E-state index contributed by atoms with van der Waals surface area (Å²) in [6.07, 6.45) is 1.03. The van der Waals surface area contributed by atoms with Gasteiger partial charge in [-0.25, -0.2) is 0 Å². The summed E-state index contributed by atoms with van der Waals surface area (Å²) in [4.78, 5) is 22.1. The van der Waals surface area contributed by atoms with E-state index in [0.717, 1.165) is 29.3 Å². The number of halogens is 3. The van der Waals surface area contributed by atoms with E-state index in [1.807, 2.05) is 44.2 Å². The topological polar surface area (TPSA) is 36.4 Å². The number of para-hydroxylation sites is 1. The molecule has 0 bridgehead atoms. The van der Waals surface area contributed by atoms with Crippen LogP contribution in [0.5, 0.6) is 0 Å². The maximum atomic E-state index is 14.1. The summed E-state index contributed by atoms with van der Waals surface area (Å²) in [6.45, 7) is 4.53. The molecule has 4 rings (SSSR count). The lowest BCUT2D eigenvalue weighted by Gasteiger charge is -2.40. The van der Waals surface area contributed by atoms with Crippen LogP contribution in [0.3, 0.4) is 0 Å². The van der Waals surface area contributed by atoms with Crippen LogP contribution < -0.4 is 4.90 Å². The van der Waals surface area contributed by atoms with Crippen molar-refractivity contribution in [2.24, 2.45) is 0 Å². The third-order valence-corrected chi connectivity index (χ3v) is 6.82. The molecular weight excluding hydrogens is 451 g/mol. The van der Waals surface area contributed by atoms with Crippen LogP contribution in [-0.4, -0.2) is 29.4 Å². The molecular formula is C28H30F3N3O. The lowest BCUT2D eigenvalue weighted by atomic mass is 9.95. The van der Waals surface area contributed by atoms with Gasteiger partial charge in [-0.2, -0.15) is 13.2 Å². The highest BCUT2D eigenvalue weighted by molar-refractivity contribution is 5.98. The minimum atomic E-state index is -4.43. The molecule has 184 valence electrons. The zero-order valence-corrected chi connectivity index (χ0v) is 20.2. The number of aryl methyl sites for hydroxylation is 1. The first kappa shape index (κ1) is 24.9. The predicted molar refractivity (Wildman–Crippen MR) is 131 cm³/mol. The van der Waals surface area contributed by atoms with Crippen molar-refractivity contribution in [3.05, 3.63) is 95.3 Å². The summed E-state index contributed by atoms with van der Waals surface area (Å²) < 4.78 is 40.6. The molecule has 0 radical (unpaired) electrons. The minimum absolute atomic E-state index is 0.140. The molecule has 1 fully saturated rings. The molecule has 0 spiro atoms. The number of carbonyl (C=O) groups is 1. The van der Waals surface area contributed by atoms with Gasteiger partial charge in [-0.1, -0.05) is 43.3 Å². The summed E-state index contributed by atoms with van der Waals surface area (Å²) in [5, 5.41) is 0. The van der Waals surface area contributed by atoms with Gasteiger partial charge in [0, 0.05) is 30.7 Å². The summed E-state index contributed by atoms with van der Waals surface area (Å²) in [7, 11) is 1.75. The maximum absolute atomic E-state index is 14.1. The Hall–Kier alpha value is -3.19. The molecule has 4 nitrogen and oxygen atoms in total. The highest BCUT2D eigenvalue weighted by Gasteiger charge is 2.53. The van der Waals surface area contributed by atoms with E-state index in [1.165, 1.54) is 12.1 Å². The number of alkyl halides is 3. The van der Waals surface area contributed by atoms with Crippen LogP contribution in [0.4, 0.5) is 18.9 Å². The van der Waals surface area contributed by atoms with Gasteiger partial charge in [-0.15, -0.1) is 0 Å². The molecule has 1 aromatic heterocycles. The number of aromatic nitrogens is 1. The van der Waals surface area contributed by atoms with Gasteiger partial charge >= 0.3 is 6.18 Å². The Bertz CT molecular complexity index is 1180. The van der Waals surface area contributed by atoms with E-state index in [0.29, 0.717) is 24.9 Å². The number of rotatable bonds is 8. The quantitative estimate of drug-likeness (QED) is 0.368. The summed E-state index contributed by atoms with van der Waals surface area (Å²) >= 11 is 0. The monoisotopic (exact) mass is 481 g/mol. The highest BCUT2D eigenvalue weighted by Crippen LogP contribution is 2.55. The van der Waals surface area contributed by atoms with Crippen LogP contribution in [-0.2, 0) is 16.5 Å². The summed E-state index contributed by atoms with van der Waals surface area (Å²) in [6, 6.07) is 16.2. The average molecular weight is 482 g/mol. The molecule has 0 saturated heterocycles. The summed E-state index contributed by atoms with van der Waals surface area (Å²) in [5.74, 6) is -0.140. The normalized spacial score (nSPS) is 15.6. The van der Waals surface area contributed by atoms with Gasteiger partial charge in [-0.3, -0.25) is 14.7 Å². The first-order chi connectivity index (χ1) is 16.7. The second kappa shape index (κ2) is 9.82. The Labute approximate surface area is 204 Å². The number of carbonyl (C=O) groups excluding carboxylic acids is 1. The molecule has 7 heteroatoms. The van der Waals surface area contributed by atoms with Crippen molar-refractivity contribution >= 4 is 11.6 Å². The largest absolute Gasteiger partial charge is 0.416 e. The number of amides is 1. The van der Waals surface area contributed by atoms with Crippen molar-refractivity contribution in [2.75, 3.05) is 18.5 Å². The van der Waals surface area contributed by atoms with Crippen molar-refractivity contribution < 1.29 is 18.0 Å². The first-order valence-electron chi connectivity index (χ1n) is 11.9. The van der Waals surface area contributed by atoms with Gasteiger partial charge in [0.2, 0.25) is 5.91 Å². The first-order valence-corrected chi connectivity index (χ1v) is 11.9. The Kier molecular flexibility index (Phi) is 6.99. The van der Waals surface area contributed by atoms with Crippen molar-refractivity contribution in [1.29, 1.82) is 0 Å². The molecule has 0 N–H and O–H groups in total.